The van der Waals surface area contributed by atoms with Gasteiger partial charge in [-0.2, -0.15) is 0 Å². The topological polar surface area (TPSA) is 86.8 Å². The molecule has 1 saturated heterocycles. The Morgan fingerprint density at radius 1 is 1.13 bits per heavy atom. The summed E-state index contributed by atoms with van der Waals surface area (Å²) in [7, 11) is 0. The Morgan fingerprint density at radius 2 is 1.84 bits per heavy atom. The number of nitrogens with one attached hydrogen (secondary N) is 2. The Balaban J connectivity index is 1.61. The quantitative estimate of drug-likeness (QED) is 0.750. The smallest absolute Gasteiger partial charge is 0.409 e. The number of aryl methyl sites for hydroxylation is 1. The van der Waals surface area contributed by atoms with Gasteiger partial charge in [0.25, 0.3) is 0 Å². The molecule has 1 atom stereocenters. The summed E-state index contributed by atoms with van der Waals surface area (Å²) < 4.78 is 19.3. The Kier molecular flexibility index (Phi) is 7.41. The lowest BCUT2D eigenvalue weighted by atomic mass is 10.0. The molecule has 0 unspecified atom stereocenters. The maximum atomic E-state index is 14.3. The van der Waals surface area contributed by atoms with Crippen molar-refractivity contribution in [2.45, 2.75) is 26.8 Å². The van der Waals surface area contributed by atoms with E-state index in [2.05, 4.69) is 20.5 Å². The summed E-state index contributed by atoms with van der Waals surface area (Å²) in [5.74, 6) is -0.429. The molecule has 0 aliphatic carbocycles. The van der Waals surface area contributed by atoms with E-state index in [4.69, 9.17) is 4.74 Å². The van der Waals surface area contributed by atoms with Crippen molar-refractivity contribution in [1.82, 2.24) is 14.8 Å². The molecule has 9 heteroatoms. The van der Waals surface area contributed by atoms with Crippen LogP contribution in [0, 0.1) is 12.7 Å². The number of carbonyl (C=O) groups is 2. The highest BCUT2D eigenvalue weighted by atomic mass is 19.1. The van der Waals surface area contributed by atoms with Gasteiger partial charge in [0.2, 0.25) is 0 Å². The molecular formula is C22H28FN5O3. The predicted molar refractivity (Wildman–Crippen MR) is 117 cm³/mol. The van der Waals surface area contributed by atoms with Gasteiger partial charge in [0.15, 0.2) is 0 Å². The number of halogens is 1. The molecule has 31 heavy (non-hydrogen) atoms. The van der Waals surface area contributed by atoms with Crippen LogP contribution in [0.15, 0.2) is 36.5 Å². The van der Waals surface area contributed by atoms with Crippen LogP contribution >= 0.6 is 0 Å². The lowest BCUT2D eigenvalue weighted by molar-refractivity contribution is 0.0686. The number of hydrogen-bond donors (Lipinski definition) is 2. The van der Waals surface area contributed by atoms with Gasteiger partial charge < -0.3 is 20.3 Å². The molecule has 0 spiro atoms. The fourth-order valence-corrected chi connectivity index (χ4v) is 3.48. The number of ether oxygens (including phenoxy) is 1. The molecule has 1 aromatic heterocycles. The minimum Gasteiger partial charge on any atom is -0.450 e. The van der Waals surface area contributed by atoms with Crippen molar-refractivity contribution in [3.63, 3.8) is 0 Å². The number of pyridine rings is 1. The maximum absolute atomic E-state index is 14.3. The molecule has 3 rings (SSSR count). The molecule has 1 aromatic carbocycles. The van der Waals surface area contributed by atoms with Crippen molar-refractivity contribution in [2.24, 2.45) is 0 Å². The number of anilines is 2. The van der Waals surface area contributed by atoms with Crippen LogP contribution in [0.3, 0.4) is 0 Å². The van der Waals surface area contributed by atoms with E-state index in [1.807, 2.05) is 13.8 Å². The zero-order chi connectivity index (χ0) is 22.4. The van der Waals surface area contributed by atoms with Crippen LogP contribution in [-0.4, -0.2) is 59.7 Å². The van der Waals surface area contributed by atoms with E-state index >= 15 is 0 Å². The normalized spacial score (nSPS) is 15.3. The summed E-state index contributed by atoms with van der Waals surface area (Å²) >= 11 is 0. The first-order valence-corrected chi connectivity index (χ1v) is 10.3. The minimum absolute atomic E-state index is 0.0787. The first kappa shape index (κ1) is 22.5. The molecule has 0 saturated carbocycles. The van der Waals surface area contributed by atoms with E-state index in [9.17, 15) is 14.0 Å². The third-order valence-corrected chi connectivity index (χ3v) is 5.22. The Morgan fingerprint density at radius 3 is 2.48 bits per heavy atom. The van der Waals surface area contributed by atoms with Gasteiger partial charge in [-0.25, -0.2) is 14.0 Å². The van der Waals surface area contributed by atoms with Gasteiger partial charge in [0, 0.05) is 43.6 Å². The number of piperazine rings is 1. The van der Waals surface area contributed by atoms with E-state index < -0.39 is 11.8 Å². The van der Waals surface area contributed by atoms with E-state index in [0.29, 0.717) is 44.2 Å². The molecule has 8 nitrogen and oxygen atoms in total. The number of hydrogen-bond acceptors (Lipinski definition) is 5. The SMILES string of the molecule is CCOC(=O)N1CCN([C@H](C)c2cc(F)cc(NC(=O)Nc3ccc(C)nc3)c2)CC1. The zero-order valence-electron chi connectivity index (χ0n) is 18.0. The summed E-state index contributed by atoms with van der Waals surface area (Å²) in [6.07, 6.45) is 1.26. The molecule has 1 aliphatic rings. The van der Waals surface area contributed by atoms with Crippen molar-refractivity contribution < 1.29 is 18.7 Å². The van der Waals surface area contributed by atoms with Crippen molar-refractivity contribution in [3.8, 4) is 0 Å². The molecule has 166 valence electrons. The van der Waals surface area contributed by atoms with E-state index in [-0.39, 0.29) is 12.1 Å². The van der Waals surface area contributed by atoms with Gasteiger partial charge in [0.05, 0.1) is 18.5 Å². The van der Waals surface area contributed by atoms with Crippen LogP contribution in [0.4, 0.5) is 25.4 Å². The second kappa shape index (κ2) is 10.2. The molecule has 1 aliphatic heterocycles. The first-order valence-electron chi connectivity index (χ1n) is 10.3. The largest absolute Gasteiger partial charge is 0.450 e. The molecule has 2 aromatic rings. The van der Waals surface area contributed by atoms with Gasteiger partial charge in [-0.3, -0.25) is 9.88 Å². The maximum Gasteiger partial charge on any atom is 0.409 e. The molecule has 3 amide bonds. The van der Waals surface area contributed by atoms with E-state index in [1.165, 1.54) is 12.1 Å². The highest BCUT2D eigenvalue weighted by Gasteiger charge is 2.26. The summed E-state index contributed by atoms with van der Waals surface area (Å²) in [5.41, 5.74) is 2.51. The number of urea groups is 1. The van der Waals surface area contributed by atoms with Crippen molar-refractivity contribution in [1.29, 1.82) is 0 Å². The van der Waals surface area contributed by atoms with Gasteiger partial charge >= 0.3 is 12.1 Å². The molecule has 0 radical (unpaired) electrons. The average molecular weight is 429 g/mol. The minimum atomic E-state index is -0.474. The predicted octanol–water partition coefficient (Wildman–Crippen LogP) is 4.01. The second-order valence-electron chi connectivity index (χ2n) is 7.44. The summed E-state index contributed by atoms with van der Waals surface area (Å²) in [5, 5.41) is 5.35. The number of aromatic nitrogens is 1. The zero-order valence-corrected chi connectivity index (χ0v) is 18.0. The summed E-state index contributed by atoms with van der Waals surface area (Å²) in [6.45, 7) is 8.38. The van der Waals surface area contributed by atoms with Crippen LogP contribution in [-0.2, 0) is 4.74 Å². The lowest BCUT2D eigenvalue weighted by Gasteiger charge is -2.37. The number of amides is 3. The highest BCUT2D eigenvalue weighted by molar-refractivity contribution is 5.99. The van der Waals surface area contributed by atoms with Crippen LogP contribution in [0.1, 0.15) is 31.1 Å². The number of rotatable bonds is 5. The Labute approximate surface area is 181 Å². The Bertz CT molecular complexity index is 914. The monoisotopic (exact) mass is 429 g/mol. The van der Waals surface area contributed by atoms with E-state index in [0.717, 1.165) is 11.3 Å². The Hall–Kier alpha value is -3.20. The number of benzene rings is 1. The van der Waals surface area contributed by atoms with Crippen LogP contribution in [0.5, 0.6) is 0 Å². The molecule has 2 heterocycles. The summed E-state index contributed by atoms with van der Waals surface area (Å²) in [4.78, 5) is 32.1. The third-order valence-electron chi connectivity index (χ3n) is 5.22. The fourth-order valence-electron chi connectivity index (χ4n) is 3.48. The van der Waals surface area contributed by atoms with E-state index in [1.54, 1.807) is 36.2 Å². The van der Waals surface area contributed by atoms with Gasteiger partial charge in [0.1, 0.15) is 5.82 Å². The van der Waals surface area contributed by atoms with Gasteiger partial charge in [-0.15, -0.1) is 0 Å². The van der Waals surface area contributed by atoms with Crippen LogP contribution < -0.4 is 10.6 Å². The van der Waals surface area contributed by atoms with Crippen molar-refractivity contribution >= 4 is 23.5 Å². The highest BCUT2D eigenvalue weighted by Crippen LogP contribution is 2.26. The number of nitrogens with zero attached hydrogens (tertiary/aromatic N) is 3. The van der Waals surface area contributed by atoms with Crippen LogP contribution in [0.25, 0.3) is 0 Å². The number of carbonyl (C=O) groups excluding carboxylic acids is 2. The summed E-state index contributed by atoms with van der Waals surface area (Å²) in [6, 6.07) is 7.49. The van der Waals surface area contributed by atoms with Crippen LogP contribution in [0.2, 0.25) is 0 Å². The van der Waals surface area contributed by atoms with Crippen molar-refractivity contribution in [3.05, 3.63) is 53.6 Å². The van der Waals surface area contributed by atoms with Crippen molar-refractivity contribution in [2.75, 3.05) is 43.4 Å². The van der Waals surface area contributed by atoms with Gasteiger partial charge in [-0.1, -0.05) is 0 Å². The lowest BCUT2D eigenvalue weighted by Crippen LogP contribution is -2.49. The molecule has 1 fully saturated rings. The average Bonchev–Trinajstić information content (AvgIpc) is 2.74. The first-order chi connectivity index (χ1) is 14.9. The standard InChI is InChI=1S/C22H28FN5O3/c1-4-31-22(30)28-9-7-27(8-10-28)16(3)17-11-18(23)13-20(12-17)26-21(29)25-19-6-5-15(2)24-14-19/h5-6,11-14,16H,4,7-10H2,1-3H3,(H2,25,26,29)/t16-/m1/s1. The van der Waals surface area contributed by atoms with Gasteiger partial charge in [-0.05, 0) is 56.7 Å². The fraction of sp³-hybridized carbons (Fsp3) is 0.409. The second-order valence-corrected chi connectivity index (χ2v) is 7.44. The molecular weight excluding hydrogens is 401 g/mol. The third kappa shape index (κ3) is 6.14. The molecule has 2 N–H and O–H groups in total. The molecule has 0 bridgehead atoms.